The van der Waals surface area contributed by atoms with Crippen molar-refractivity contribution in [2.45, 2.75) is 19.3 Å². The van der Waals surface area contributed by atoms with E-state index in [1.807, 2.05) is 18.3 Å². The first-order valence-corrected chi connectivity index (χ1v) is 8.42. The van der Waals surface area contributed by atoms with E-state index in [-0.39, 0.29) is 18.5 Å². The second-order valence-corrected chi connectivity index (χ2v) is 6.17. The van der Waals surface area contributed by atoms with Crippen molar-refractivity contribution >= 4 is 17.1 Å². The summed E-state index contributed by atoms with van der Waals surface area (Å²) in [5.41, 5.74) is 2.27. The molecule has 0 aliphatic carbocycles. The second-order valence-electron chi connectivity index (χ2n) is 6.17. The maximum absolute atomic E-state index is 13.7. The number of urea groups is 1. The van der Waals surface area contributed by atoms with Gasteiger partial charge in [0, 0.05) is 42.9 Å². The highest BCUT2D eigenvalue weighted by Gasteiger charge is 2.13. The quantitative estimate of drug-likeness (QED) is 0.631. The molecule has 0 fully saturated rings. The smallest absolute Gasteiger partial charge is 0.314 e. The van der Waals surface area contributed by atoms with Crippen LogP contribution in [0.5, 0.6) is 0 Å². The third-order valence-electron chi connectivity index (χ3n) is 4.28. The van der Waals surface area contributed by atoms with Crippen LogP contribution in [0.25, 0.3) is 11.0 Å². The topological polar surface area (TPSA) is 69.8 Å². The average molecular weight is 358 g/mol. The van der Waals surface area contributed by atoms with Gasteiger partial charge in [-0.15, -0.1) is 0 Å². The number of carbonyl (C=O) groups is 1. The number of hydrogen-bond donors (Lipinski definition) is 3. The van der Waals surface area contributed by atoms with Crippen molar-refractivity contribution in [3.05, 3.63) is 65.5 Å². The molecule has 5 nitrogen and oxygen atoms in total. The van der Waals surface area contributed by atoms with Crippen LogP contribution in [0, 0.1) is 11.6 Å². The number of pyridine rings is 1. The maximum Gasteiger partial charge on any atom is 0.314 e. The molecule has 0 bridgehead atoms. The SMILES string of the molecule is CC(CNC(=O)NCCc1c[nH]c2ncccc12)c1ccc(F)cc1F. The van der Waals surface area contributed by atoms with E-state index in [2.05, 4.69) is 20.6 Å². The number of nitrogens with zero attached hydrogens (tertiary/aromatic N) is 1. The van der Waals surface area contributed by atoms with Crippen molar-refractivity contribution in [1.29, 1.82) is 0 Å². The number of rotatable bonds is 6. The fourth-order valence-electron chi connectivity index (χ4n) is 2.85. The predicted molar refractivity (Wildman–Crippen MR) is 96.0 cm³/mol. The van der Waals surface area contributed by atoms with E-state index in [0.29, 0.717) is 18.5 Å². The summed E-state index contributed by atoms with van der Waals surface area (Å²) in [6.07, 6.45) is 4.28. The lowest BCUT2D eigenvalue weighted by Gasteiger charge is -2.14. The molecule has 0 aliphatic heterocycles. The Morgan fingerprint density at radius 3 is 2.92 bits per heavy atom. The molecule has 7 heteroatoms. The summed E-state index contributed by atoms with van der Waals surface area (Å²) in [6, 6.07) is 6.99. The van der Waals surface area contributed by atoms with Gasteiger partial charge in [0.1, 0.15) is 17.3 Å². The van der Waals surface area contributed by atoms with Crippen LogP contribution in [-0.2, 0) is 6.42 Å². The second kappa shape index (κ2) is 7.95. The van der Waals surface area contributed by atoms with Crippen LogP contribution in [0.1, 0.15) is 24.0 Å². The lowest BCUT2D eigenvalue weighted by molar-refractivity contribution is 0.240. The Labute approximate surface area is 149 Å². The summed E-state index contributed by atoms with van der Waals surface area (Å²) in [6.45, 7) is 2.49. The highest BCUT2D eigenvalue weighted by molar-refractivity contribution is 5.79. The molecule has 1 aromatic carbocycles. The molecule has 3 N–H and O–H groups in total. The summed E-state index contributed by atoms with van der Waals surface area (Å²) >= 11 is 0. The Morgan fingerprint density at radius 2 is 2.12 bits per heavy atom. The molecule has 0 saturated carbocycles. The number of nitrogens with one attached hydrogen (secondary N) is 3. The lowest BCUT2D eigenvalue weighted by atomic mass is 10.0. The van der Waals surface area contributed by atoms with Gasteiger partial charge < -0.3 is 15.6 Å². The largest absolute Gasteiger partial charge is 0.346 e. The maximum atomic E-state index is 13.7. The highest BCUT2D eigenvalue weighted by atomic mass is 19.1. The van der Waals surface area contributed by atoms with E-state index in [9.17, 15) is 13.6 Å². The first-order valence-electron chi connectivity index (χ1n) is 8.42. The number of fused-ring (bicyclic) bond motifs is 1. The summed E-state index contributed by atoms with van der Waals surface area (Å²) in [5.74, 6) is -1.48. The number of halogens is 2. The number of aromatic nitrogens is 2. The number of amides is 2. The van der Waals surface area contributed by atoms with Crippen LogP contribution >= 0.6 is 0 Å². The van der Waals surface area contributed by atoms with Gasteiger partial charge in [0.25, 0.3) is 0 Å². The standard InChI is InChI=1S/C19H20F2N4O/c1-12(15-5-4-14(20)9-17(15)21)10-25-19(26)23-8-6-13-11-24-18-16(13)3-2-7-22-18/h2-5,7,9,11-12H,6,8,10H2,1H3,(H,22,24)(H2,23,25,26). The van der Waals surface area contributed by atoms with Gasteiger partial charge in [0.15, 0.2) is 0 Å². The third-order valence-corrected chi connectivity index (χ3v) is 4.28. The molecule has 3 rings (SSSR count). The van der Waals surface area contributed by atoms with Crippen molar-refractivity contribution in [3.63, 3.8) is 0 Å². The van der Waals surface area contributed by atoms with E-state index in [4.69, 9.17) is 0 Å². The number of carbonyl (C=O) groups excluding carboxylic acids is 1. The molecule has 3 aromatic rings. The molecule has 0 radical (unpaired) electrons. The molecule has 1 unspecified atom stereocenters. The van der Waals surface area contributed by atoms with E-state index in [1.54, 1.807) is 13.1 Å². The molecule has 1 atom stereocenters. The first-order chi connectivity index (χ1) is 12.5. The zero-order valence-electron chi connectivity index (χ0n) is 14.4. The van der Waals surface area contributed by atoms with Gasteiger partial charge in [-0.2, -0.15) is 0 Å². The minimum atomic E-state index is -0.614. The van der Waals surface area contributed by atoms with Gasteiger partial charge in [0.2, 0.25) is 0 Å². The molecule has 2 amide bonds. The Morgan fingerprint density at radius 1 is 1.27 bits per heavy atom. The van der Waals surface area contributed by atoms with Gasteiger partial charge in [-0.3, -0.25) is 0 Å². The Hall–Kier alpha value is -2.96. The number of aromatic amines is 1. The van der Waals surface area contributed by atoms with Crippen LogP contribution in [0.15, 0.2) is 42.7 Å². The van der Waals surface area contributed by atoms with E-state index >= 15 is 0 Å². The fourth-order valence-corrected chi connectivity index (χ4v) is 2.85. The number of benzene rings is 1. The third kappa shape index (κ3) is 4.17. The summed E-state index contributed by atoms with van der Waals surface area (Å²) in [7, 11) is 0. The summed E-state index contributed by atoms with van der Waals surface area (Å²) in [4.78, 5) is 19.2. The Bertz CT molecular complexity index is 909. The van der Waals surface area contributed by atoms with Gasteiger partial charge in [-0.25, -0.2) is 18.6 Å². The van der Waals surface area contributed by atoms with Gasteiger partial charge >= 0.3 is 6.03 Å². The molecule has 2 aromatic heterocycles. The van der Waals surface area contributed by atoms with E-state index in [1.165, 1.54) is 12.1 Å². The molecule has 0 aliphatic rings. The van der Waals surface area contributed by atoms with Crippen LogP contribution in [0.2, 0.25) is 0 Å². The lowest BCUT2D eigenvalue weighted by Crippen LogP contribution is -2.38. The van der Waals surface area contributed by atoms with Crippen LogP contribution in [0.4, 0.5) is 13.6 Å². The van der Waals surface area contributed by atoms with E-state index < -0.39 is 11.6 Å². The van der Waals surface area contributed by atoms with Crippen LogP contribution in [-0.4, -0.2) is 29.1 Å². The van der Waals surface area contributed by atoms with Crippen molar-refractivity contribution in [2.24, 2.45) is 0 Å². The molecule has 0 spiro atoms. The van der Waals surface area contributed by atoms with Crippen molar-refractivity contribution < 1.29 is 13.6 Å². The van der Waals surface area contributed by atoms with Gasteiger partial charge in [-0.05, 0) is 35.7 Å². The van der Waals surface area contributed by atoms with Crippen molar-refractivity contribution in [1.82, 2.24) is 20.6 Å². The average Bonchev–Trinajstić information content (AvgIpc) is 3.03. The normalized spacial score (nSPS) is 12.1. The van der Waals surface area contributed by atoms with Gasteiger partial charge in [0.05, 0.1) is 0 Å². The number of hydrogen-bond acceptors (Lipinski definition) is 2. The summed E-state index contributed by atoms with van der Waals surface area (Å²) < 4.78 is 26.7. The first kappa shape index (κ1) is 17.8. The molecule has 136 valence electrons. The Kier molecular flexibility index (Phi) is 5.46. The van der Waals surface area contributed by atoms with Gasteiger partial charge in [-0.1, -0.05) is 13.0 Å². The monoisotopic (exact) mass is 358 g/mol. The zero-order valence-corrected chi connectivity index (χ0v) is 14.4. The minimum Gasteiger partial charge on any atom is -0.346 e. The molecular formula is C19H20F2N4O. The Balaban J connectivity index is 1.45. The molecule has 26 heavy (non-hydrogen) atoms. The van der Waals surface area contributed by atoms with Crippen molar-refractivity contribution in [2.75, 3.05) is 13.1 Å². The zero-order chi connectivity index (χ0) is 18.5. The molecular weight excluding hydrogens is 338 g/mol. The summed E-state index contributed by atoms with van der Waals surface area (Å²) in [5, 5.41) is 6.52. The predicted octanol–water partition coefficient (Wildman–Crippen LogP) is 3.49. The molecule has 2 heterocycles. The van der Waals surface area contributed by atoms with Crippen LogP contribution < -0.4 is 10.6 Å². The highest BCUT2D eigenvalue weighted by Crippen LogP contribution is 2.19. The van der Waals surface area contributed by atoms with Crippen LogP contribution in [0.3, 0.4) is 0 Å². The molecule has 0 saturated heterocycles. The van der Waals surface area contributed by atoms with E-state index in [0.717, 1.165) is 22.7 Å². The fraction of sp³-hybridized carbons (Fsp3) is 0.263. The number of H-pyrrole nitrogens is 1. The minimum absolute atomic E-state index is 0.255. The van der Waals surface area contributed by atoms with Crippen molar-refractivity contribution in [3.8, 4) is 0 Å².